The topological polar surface area (TPSA) is 71.5 Å². The Morgan fingerprint density at radius 3 is 2.68 bits per heavy atom. The van der Waals surface area contributed by atoms with Gasteiger partial charge in [0.15, 0.2) is 0 Å². The maximum Gasteiger partial charge on any atom is 0.249 e. The summed E-state index contributed by atoms with van der Waals surface area (Å²) < 4.78 is 18.3. The number of ether oxygens (including phenoxy) is 1. The molecule has 0 radical (unpaired) electrons. The average molecular weight is 385 g/mol. The zero-order valence-corrected chi connectivity index (χ0v) is 15.8. The van der Waals surface area contributed by atoms with E-state index in [4.69, 9.17) is 4.74 Å². The first-order valence-electron chi connectivity index (χ1n) is 9.30. The highest BCUT2D eigenvalue weighted by molar-refractivity contribution is 5.82. The third-order valence-electron chi connectivity index (χ3n) is 4.97. The van der Waals surface area contributed by atoms with Crippen LogP contribution in [-0.4, -0.2) is 42.0 Å². The zero-order chi connectivity index (χ0) is 19.9. The highest BCUT2D eigenvalue weighted by Crippen LogP contribution is 2.33. The van der Waals surface area contributed by atoms with E-state index in [9.17, 15) is 14.0 Å². The molecule has 2 amide bonds. The van der Waals surface area contributed by atoms with Gasteiger partial charge in [0.2, 0.25) is 11.8 Å². The average Bonchev–Trinajstić information content (AvgIpc) is 2.73. The number of benzene rings is 1. The highest BCUT2D eigenvalue weighted by Gasteiger charge is 2.35. The molecule has 28 heavy (non-hydrogen) atoms. The maximum absolute atomic E-state index is 13.3. The van der Waals surface area contributed by atoms with Gasteiger partial charge in [-0.25, -0.2) is 4.39 Å². The van der Waals surface area contributed by atoms with Gasteiger partial charge in [-0.05, 0) is 42.7 Å². The minimum Gasteiger partial charge on any atom is -0.375 e. The molecular formula is C21H24FN3O3. The summed E-state index contributed by atoms with van der Waals surface area (Å²) in [5.74, 6) is -0.903. The van der Waals surface area contributed by atoms with Crippen molar-refractivity contribution in [1.82, 2.24) is 15.2 Å². The van der Waals surface area contributed by atoms with Crippen LogP contribution in [0.15, 0.2) is 48.7 Å². The van der Waals surface area contributed by atoms with Crippen molar-refractivity contribution < 1.29 is 18.7 Å². The second kappa shape index (κ2) is 9.41. The van der Waals surface area contributed by atoms with Crippen LogP contribution in [0.1, 0.15) is 30.1 Å². The number of hydrogen-bond acceptors (Lipinski definition) is 4. The van der Waals surface area contributed by atoms with Gasteiger partial charge < -0.3 is 15.0 Å². The van der Waals surface area contributed by atoms with Gasteiger partial charge in [-0.1, -0.05) is 18.2 Å². The summed E-state index contributed by atoms with van der Waals surface area (Å²) in [4.78, 5) is 31.1. The Bertz CT molecular complexity index is 798. The van der Waals surface area contributed by atoms with Gasteiger partial charge in [0.1, 0.15) is 12.4 Å². The quantitative estimate of drug-likeness (QED) is 0.829. The Kier molecular flexibility index (Phi) is 6.71. The van der Waals surface area contributed by atoms with Gasteiger partial charge >= 0.3 is 0 Å². The lowest BCUT2D eigenvalue weighted by atomic mass is 9.88. The lowest BCUT2D eigenvalue weighted by Crippen LogP contribution is -2.47. The van der Waals surface area contributed by atoms with E-state index in [1.165, 1.54) is 19.2 Å². The molecule has 0 bridgehead atoms. The van der Waals surface area contributed by atoms with Crippen molar-refractivity contribution in [3.63, 3.8) is 0 Å². The molecule has 1 aliphatic heterocycles. The number of hydrogen-bond donors (Lipinski definition) is 1. The molecule has 2 heterocycles. The van der Waals surface area contributed by atoms with Crippen LogP contribution in [0.25, 0.3) is 0 Å². The molecular weight excluding hydrogens is 361 g/mol. The Morgan fingerprint density at radius 2 is 2.00 bits per heavy atom. The molecule has 2 atom stereocenters. The molecule has 0 spiro atoms. The first kappa shape index (κ1) is 19.9. The van der Waals surface area contributed by atoms with Crippen LogP contribution in [0.2, 0.25) is 0 Å². The van der Waals surface area contributed by atoms with Crippen molar-refractivity contribution in [1.29, 1.82) is 0 Å². The second-order valence-electron chi connectivity index (χ2n) is 6.86. The summed E-state index contributed by atoms with van der Waals surface area (Å²) in [6, 6.07) is 11.5. The van der Waals surface area contributed by atoms with E-state index in [1.807, 2.05) is 18.2 Å². The molecule has 1 aromatic heterocycles. The summed E-state index contributed by atoms with van der Waals surface area (Å²) in [6.45, 7) is 0.599. The van der Waals surface area contributed by atoms with Gasteiger partial charge in [-0.2, -0.15) is 0 Å². The van der Waals surface area contributed by atoms with Crippen molar-refractivity contribution in [2.24, 2.45) is 5.92 Å². The van der Waals surface area contributed by atoms with Crippen LogP contribution in [0.3, 0.4) is 0 Å². The fourth-order valence-electron chi connectivity index (χ4n) is 3.52. The van der Waals surface area contributed by atoms with E-state index in [2.05, 4.69) is 10.3 Å². The Balaban J connectivity index is 1.68. The van der Waals surface area contributed by atoms with Crippen LogP contribution in [0, 0.1) is 11.7 Å². The largest absolute Gasteiger partial charge is 0.375 e. The van der Waals surface area contributed by atoms with E-state index in [1.54, 1.807) is 23.2 Å². The number of carbonyl (C=O) groups excluding carboxylic acids is 2. The summed E-state index contributed by atoms with van der Waals surface area (Å²) in [5, 5.41) is 2.90. The molecule has 1 fully saturated rings. The number of carbonyl (C=O) groups is 2. The number of amides is 2. The molecule has 148 valence electrons. The summed E-state index contributed by atoms with van der Waals surface area (Å²) in [7, 11) is 1.46. The molecule has 2 aromatic rings. The van der Waals surface area contributed by atoms with Crippen molar-refractivity contribution in [2.75, 3.05) is 20.3 Å². The number of nitrogens with zero attached hydrogens (tertiary/aromatic N) is 2. The van der Waals surface area contributed by atoms with E-state index in [0.29, 0.717) is 25.9 Å². The number of methoxy groups -OCH3 is 1. The predicted molar refractivity (Wildman–Crippen MR) is 102 cm³/mol. The minimum absolute atomic E-state index is 0.0556. The summed E-state index contributed by atoms with van der Waals surface area (Å²) in [5.41, 5.74) is 1.64. The van der Waals surface area contributed by atoms with Crippen molar-refractivity contribution in [2.45, 2.75) is 25.4 Å². The number of piperidine rings is 1. The van der Waals surface area contributed by atoms with E-state index in [-0.39, 0.29) is 36.2 Å². The smallest absolute Gasteiger partial charge is 0.249 e. The molecule has 6 nitrogen and oxygen atoms in total. The molecule has 7 heteroatoms. The van der Waals surface area contributed by atoms with E-state index in [0.717, 1.165) is 11.3 Å². The van der Waals surface area contributed by atoms with Crippen LogP contribution >= 0.6 is 0 Å². The molecule has 1 aromatic carbocycles. The predicted octanol–water partition coefficient (Wildman–Crippen LogP) is 2.46. The van der Waals surface area contributed by atoms with Crippen molar-refractivity contribution in [3.8, 4) is 0 Å². The number of likely N-dealkylation sites (tertiary alicyclic amines) is 1. The maximum atomic E-state index is 13.3. The number of nitrogens with one attached hydrogen (secondary N) is 1. The Labute approximate surface area is 163 Å². The van der Waals surface area contributed by atoms with Gasteiger partial charge in [0, 0.05) is 19.9 Å². The molecule has 0 saturated carbocycles. The lowest BCUT2D eigenvalue weighted by Gasteiger charge is -2.39. The van der Waals surface area contributed by atoms with Gasteiger partial charge in [0.05, 0.1) is 24.2 Å². The first-order valence-corrected chi connectivity index (χ1v) is 9.30. The number of aromatic nitrogens is 1. The minimum atomic E-state index is -0.318. The highest BCUT2D eigenvalue weighted by atomic mass is 19.1. The third-order valence-corrected chi connectivity index (χ3v) is 4.97. The Hall–Kier alpha value is -2.80. The van der Waals surface area contributed by atoms with Crippen LogP contribution < -0.4 is 5.32 Å². The lowest BCUT2D eigenvalue weighted by molar-refractivity contribution is -0.142. The van der Waals surface area contributed by atoms with Gasteiger partial charge in [-0.3, -0.25) is 14.6 Å². The van der Waals surface area contributed by atoms with E-state index < -0.39 is 0 Å². The number of rotatable bonds is 6. The van der Waals surface area contributed by atoms with Gasteiger partial charge in [0.25, 0.3) is 0 Å². The molecule has 0 aliphatic carbocycles. The van der Waals surface area contributed by atoms with Crippen LogP contribution in [-0.2, 0) is 20.9 Å². The zero-order valence-electron chi connectivity index (χ0n) is 15.8. The molecule has 1 N–H and O–H groups in total. The first-order chi connectivity index (χ1) is 13.6. The molecule has 3 rings (SSSR count). The molecule has 1 saturated heterocycles. The van der Waals surface area contributed by atoms with E-state index >= 15 is 0 Å². The second-order valence-corrected chi connectivity index (χ2v) is 6.86. The van der Waals surface area contributed by atoms with Crippen LogP contribution in [0.4, 0.5) is 4.39 Å². The number of halogens is 1. The molecule has 0 unspecified atom stereocenters. The summed E-state index contributed by atoms with van der Waals surface area (Å²) in [6.07, 6.45) is 2.95. The standard InChI is InChI=1S/C21H24FN3O3/c1-28-14-20(26)25-13-16(21(27)24-12-18-4-2-3-11-23-18)7-10-19(25)15-5-8-17(22)9-6-15/h2-6,8-9,11,16,19H,7,10,12-14H2,1H3,(H,24,27)/t16-,19+/m0/s1. The van der Waals surface area contributed by atoms with Crippen molar-refractivity contribution >= 4 is 11.8 Å². The fourth-order valence-corrected chi connectivity index (χ4v) is 3.52. The SMILES string of the molecule is COCC(=O)N1C[C@@H](C(=O)NCc2ccccn2)CC[C@@H]1c1ccc(F)cc1. The third kappa shape index (κ3) is 4.92. The van der Waals surface area contributed by atoms with Crippen molar-refractivity contribution in [3.05, 3.63) is 65.7 Å². The monoisotopic (exact) mass is 385 g/mol. The van der Waals surface area contributed by atoms with Crippen LogP contribution in [0.5, 0.6) is 0 Å². The number of pyridine rings is 1. The Morgan fingerprint density at radius 1 is 1.21 bits per heavy atom. The fraction of sp³-hybridized carbons (Fsp3) is 0.381. The summed E-state index contributed by atoms with van der Waals surface area (Å²) >= 11 is 0. The van der Waals surface area contributed by atoms with Gasteiger partial charge in [-0.15, -0.1) is 0 Å². The normalized spacial score (nSPS) is 19.3. The molecule has 1 aliphatic rings.